The molecule has 1 fully saturated rings. The van der Waals surface area contributed by atoms with Crippen LogP contribution in [0.1, 0.15) is 37.6 Å². The molecule has 2 atom stereocenters. The normalized spacial score (nSPS) is 18.2. The Labute approximate surface area is 160 Å². The summed E-state index contributed by atoms with van der Waals surface area (Å²) in [4.78, 5) is 19.0. The molecule has 1 aliphatic rings. The smallest absolute Gasteiger partial charge is 0.263 e. The summed E-state index contributed by atoms with van der Waals surface area (Å²) in [7, 11) is 0. The second-order valence-corrected chi connectivity index (χ2v) is 6.19. The number of carbonyl (C=O) groups is 1. The molecule has 1 aliphatic heterocycles. The summed E-state index contributed by atoms with van der Waals surface area (Å²) >= 11 is 0. The third-order valence-electron chi connectivity index (χ3n) is 4.42. The molecule has 0 aromatic carbocycles. The molecule has 3 rings (SSSR count). The SMILES string of the molecule is Cc1oc(-c2ccco2)nc1CC(=O)N1CCCCC1C(C)N.Cl.Cl. The molecule has 2 unspecified atom stereocenters. The van der Waals surface area contributed by atoms with E-state index in [2.05, 4.69) is 4.98 Å². The Kier molecular flexibility index (Phi) is 7.99. The molecule has 1 saturated heterocycles. The third kappa shape index (κ3) is 4.77. The van der Waals surface area contributed by atoms with Crippen molar-refractivity contribution in [2.45, 2.75) is 51.6 Å². The van der Waals surface area contributed by atoms with Crippen molar-refractivity contribution < 1.29 is 13.6 Å². The van der Waals surface area contributed by atoms with Gasteiger partial charge in [-0.1, -0.05) is 0 Å². The Morgan fingerprint density at radius 3 is 2.84 bits per heavy atom. The Morgan fingerprint density at radius 2 is 2.20 bits per heavy atom. The molecule has 2 aromatic heterocycles. The molecule has 2 aromatic rings. The van der Waals surface area contributed by atoms with Crippen LogP contribution in [0.4, 0.5) is 0 Å². The lowest BCUT2D eigenvalue weighted by Crippen LogP contribution is -2.52. The minimum Gasteiger partial charge on any atom is -0.459 e. The average Bonchev–Trinajstić information content (AvgIpc) is 3.17. The number of hydrogen-bond donors (Lipinski definition) is 1. The number of halogens is 2. The van der Waals surface area contributed by atoms with Gasteiger partial charge in [-0.3, -0.25) is 4.79 Å². The summed E-state index contributed by atoms with van der Waals surface area (Å²) in [5.41, 5.74) is 6.71. The summed E-state index contributed by atoms with van der Waals surface area (Å²) in [6.07, 6.45) is 4.94. The monoisotopic (exact) mass is 389 g/mol. The highest BCUT2D eigenvalue weighted by Gasteiger charge is 2.30. The Balaban J connectivity index is 0.00000156. The number of likely N-dealkylation sites (tertiary alicyclic amines) is 1. The molecule has 1 amide bonds. The van der Waals surface area contributed by atoms with E-state index in [4.69, 9.17) is 14.6 Å². The van der Waals surface area contributed by atoms with Crippen LogP contribution in [0.25, 0.3) is 11.7 Å². The van der Waals surface area contributed by atoms with Crippen LogP contribution >= 0.6 is 24.8 Å². The van der Waals surface area contributed by atoms with Gasteiger partial charge < -0.3 is 19.5 Å². The Morgan fingerprint density at radius 1 is 1.44 bits per heavy atom. The van der Waals surface area contributed by atoms with Crippen LogP contribution in [0.5, 0.6) is 0 Å². The number of amides is 1. The fourth-order valence-corrected chi connectivity index (χ4v) is 3.16. The zero-order valence-corrected chi connectivity index (χ0v) is 16.1. The van der Waals surface area contributed by atoms with E-state index in [1.54, 1.807) is 18.4 Å². The number of aromatic nitrogens is 1. The van der Waals surface area contributed by atoms with Crippen LogP contribution in [0, 0.1) is 6.92 Å². The van der Waals surface area contributed by atoms with Gasteiger partial charge in [0.25, 0.3) is 5.89 Å². The van der Waals surface area contributed by atoms with Gasteiger partial charge in [0.15, 0.2) is 5.76 Å². The lowest BCUT2D eigenvalue weighted by atomic mass is 9.96. The summed E-state index contributed by atoms with van der Waals surface area (Å²) in [5, 5.41) is 0. The molecule has 140 valence electrons. The van der Waals surface area contributed by atoms with E-state index < -0.39 is 0 Å². The molecule has 3 heterocycles. The second-order valence-electron chi connectivity index (χ2n) is 6.19. The maximum atomic E-state index is 12.7. The van der Waals surface area contributed by atoms with Crippen molar-refractivity contribution in [1.82, 2.24) is 9.88 Å². The standard InChI is InChI=1S/C17H23N3O3.2ClH/c1-11(18)14-6-3-4-8-20(14)16(21)10-13-12(2)23-17(19-13)15-7-5-9-22-15;;/h5,7,9,11,14H,3-4,6,8,10,18H2,1-2H3;2*1H. The van der Waals surface area contributed by atoms with E-state index in [0.717, 1.165) is 25.8 Å². The molecule has 0 spiro atoms. The third-order valence-corrected chi connectivity index (χ3v) is 4.42. The van der Waals surface area contributed by atoms with Gasteiger partial charge in [0.2, 0.25) is 5.91 Å². The predicted molar refractivity (Wildman–Crippen MR) is 100 cm³/mol. The highest BCUT2D eigenvalue weighted by Crippen LogP contribution is 2.24. The number of hydrogen-bond acceptors (Lipinski definition) is 5. The molecular weight excluding hydrogens is 365 g/mol. The number of nitrogens with two attached hydrogens (primary N) is 1. The van der Waals surface area contributed by atoms with Crippen molar-refractivity contribution in [2.75, 3.05) is 6.54 Å². The first kappa shape index (κ1) is 21.5. The molecular formula is C17H25Cl2N3O3. The zero-order chi connectivity index (χ0) is 16.4. The second kappa shape index (κ2) is 9.27. The van der Waals surface area contributed by atoms with Crippen molar-refractivity contribution in [2.24, 2.45) is 5.73 Å². The Bertz CT molecular complexity index is 671. The van der Waals surface area contributed by atoms with E-state index in [1.807, 2.05) is 18.7 Å². The number of furan rings is 1. The molecule has 25 heavy (non-hydrogen) atoms. The number of carbonyl (C=O) groups excluding carboxylic acids is 1. The van der Waals surface area contributed by atoms with Gasteiger partial charge in [0, 0.05) is 18.6 Å². The number of rotatable bonds is 4. The minimum absolute atomic E-state index is 0. The van der Waals surface area contributed by atoms with Crippen LogP contribution in [0.3, 0.4) is 0 Å². The molecule has 0 aliphatic carbocycles. The fourth-order valence-electron chi connectivity index (χ4n) is 3.16. The predicted octanol–water partition coefficient (Wildman–Crippen LogP) is 3.36. The van der Waals surface area contributed by atoms with E-state index in [9.17, 15) is 4.79 Å². The average molecular weight is 390 g/mol. The zero-order valence-electron chi connectivity index (χ0n) is 14.4. The summed E-state index contributed by atoms with van der Waals surface area (Å²) in [5.74, 6) is 1.70. The van der Waals surface area contributed by atoms with Crippen molar-refractivity contribution in [3.05, 3.63) is 29.9 Å². The topological polar surface area (TPSA) is 85.5 Å². The number of nitrogens with zero attached hydrogens (tertiary/aromatic N) is 2. The summed E-state index contributed by atoms with van der Waals surface area (Å²) in [6.45, 7) is 4.56. The van der Waals surface area contributed by atoms with Gasteiger partial charge in [-0.05, 0) is 45.2 Å². The minimum atomic E-state index is -0.0173. The van der Waals surface area contributed by atoms with Gasteiger partial charge >= 0.3 is 0 Å². The highest BCUT2D eigenvalue weighted by atomic mass is 35.5. The first-order valence-electron chi connectivity index (χ1n) is 8.11. The fraction of sp³-hybridized carbons (Fsp3) is 0.529. The largest absolute Gasteiger partial charge is 0.459 e. The van der Waals surface area contributed by atoms with Crippen LogP contribution in [0.15, 0.2) is 27.2 Å². The van der Waals surface area contributed by atoms with Crippen LogP contribution in [-0.2, 0) is 11.2 Å². The number of piperidine rings is 1. The van der Waals surface area contributed by atoms with Gasteiger partial charge in [0.05, 0.1) is 18.4 Å². The van der Waals surface area contributed by atoms with E-state index in [1.165, 1.54) is 0 Å². The summed E-state index contributed by atoms with van der Waals surface area (Å²) < 4.78 is 10.9. The van der Waals surface area contributed by atoms with Gasteiger partial charge in [-0.15, -0.1) is 24.8 Å². The van der Waals surface area contributed by atoms with Gasteiger partial charge in [0.1, 0.15) is 5.76 Å². The molecule has 0 bridgehead atoms. The van der Waals surface area contributed by atoms with Crippen LogP contribution in [-0.4, -0.2) is 34.4 Å². The lowest BCUT2D eigenvalue weighted by Gasteiger charge is -2.38. The first-order valence-corrected chi connectivity index (χ1v) is 8.11. The molecule has 8 heteroatoms. The molecule has 2 N–H and O–H groups in total. The molecule has 0 saturated carbocycles. The van der Waals surface area contributed by atoms with Crippen molar-refractivity contribution in [3.8, 4) is 11.7 Å². The number of oxazole rings is 1. The van der Waals surface area contributed by atoms with Crippen LogP contribution < -0.4 is 5.73 Å². The highest BCUT2D eigenvalue weighted by molar-refractivity contribution is 5.85. The van der Waals surface area contributed by atoms with E-state index >= 15 is 0 Å². The van der Waals surface area contributed by atoms with Gasteiger partial charge in [-0.2, -0.15) is 0 Å². The van der Waals surface area contributed by atoms with Crippen LogP contribution in [0.2, 0.25) is 0 Å². The van der Waals surface area contributed by atoms with Crippen molar-refractivity contribution >= 4 is 30.7 Å². The molecule has 0 radical (unpaired) electrons. The summed E-state index contributed by atoms with van der Waals surface area (Å²) in [6, 6.07) is 3.67. The van der Waals surface area contributed by atoms with Crippen molar-refractivity contribution in [1.29, 1.82) is 0 Å². The Hall–Kier alpha value is -1.50. The molecule has 6 nitrogen and oxygen atoms in total. The lowest BCUT2D eigenvalue weighted by molar-refractivity contribution is -0.134. The van der Waals surface area contributed by atoms with Crippen molar-refractivity contribution in [3.63, 3.8) is 0 Å². The maximum Gasteiger partial charge on any atom is 0.263 e. The number of aryl methyl sites for hydroxylation is 1. The van der Waals surface area contributed by atoms with E-state index in [-0.39, 0.29) is 49.2 Å². The van der Waals surface area contributed by atoms with Gasteiger partial charge in [-0.25, -0.2) is 4.98 Å². The quantitative estimate of drug-likeness (QED) is 0.865. The van der Waals surface area contributed by atoms with E-state index in [0.29, 0.717) is 23.1 Å². The first-order chi connectivity index (χ1) is 11.1. The maximum absolute atomic E-state index is 12.7.